The minimum absolute atomic E-state index is 0.205. The number of nitrogens with one attached hydrogen (secondary N) is 2. The lowest BCUT2D eigenvalue weighted by molar-refractivity contribution is 0.107. The largest absolute Gasteiger partial charge is 0.390 e. The summed E-state index contributed by atoms with van der Waals surface area (Å²) < 4.78 is 0. The molecule has 3 N–H and O–H groups in total. The Labute approximate surface area is 55.5 Å². The zero-order chi connectivity index (χ0) is 6.69. The molecule has 1 aliphatic rings. The molecule has 0 aromatic rings. The maximum Gasteiger partial charge on any atom is 0.0817 e. The Kier molecular flexibility index (Phi) is 2.45. The van der Waals surface area contributed by atoms with Gasteiger partial charge in [-0.3, -0.25) is 0 Å². The molecule has 1 aliphatic heterocycles. The summed E-state index contributed by atoms with van der Waals surface area (Å²) in [4.78, 5) is 0. The highest BCUT2D eigenvalue weighted by Gasteiger charge is 2.19. The molecule has 1 heterocycles. The molecule has 3 nitrogen and oxygen atoms in total. The van der Waals surface area contributed by atoms with Gasteiger partial charge in [0.2, 0.25) is 0 Å². The first-order valence-corrected chi connectivity index (χ1v) is 3.40. The van der Waals surface area contributed by atoms with Crippen molar-refractivity contribution in [1.82, 2.24) is 10.6 Å². The third-order valence-corrected chi connectivity index (χ3v) is 1.82. The molecule has 9 heavy (non-hydrogen) atoms. The van der Waals surface area contributed by atoms with Crippen LogP contribution in [0.3, 0.4) is 0 Å². The number of rotatable bonds is 1. The Hall–Kier alpha value is -0.120. The van der Waals surface area contributed by atoms with E-state index < -0.39 is 0 Å². The number of likely N-dealkylation sites (N-methyl/N-ethyl adjacent to an activating group) is 1. The maximum atomic E-state index is 9.24. The lowest BCUT2D eigenvalue weighted by Crippen LogP contribution is -2.49. The fourth-order valence-electron chi connectivity index (χ4n) is 1.18. The summed E-state index contributed by atoms with van der Waals surface area (Å²) in [5, 5.41) is 15.4. The smallest absolute Gasteiger partial charge is 0.0817 e. The van der Waals surface area contributed by atoms with Crippen LogP contribution in [0.15, 0.2) is 0 Å². The number of piperidine rings is 1. The van der Waals surface area contributed by atoms with Crippen LogP contribution < -0.4 is 10.6 Å². The summed E-state index contributed by atoms with van der Waals surface area (Å²) in [6, 6.07) is 0.297. The van der Waals surface area contributed by atoms with Crippen molar-refractivity contribution in [2.24, 2.45) is 0 Å². The molecule has 0 aromatic heterocycles. The van der Waals surface area contributed by atoms with Gasteiger partial charge in [0.25, 0.3) is 0 Å². The number of hydrogen-bond donors (Lipinski definition) is 3. The first kappa shape index (κ1) is 6.99. The van der Waals surface area contributed by atoms with Crippen LogP contribution in [0, 0.1) is 0 Å². The average Bonchev–Trinajstić information content (AvgIpc) is 1.89. The van der Waals surface area contributed by atoms with Crippen LogP contribution in [0.1, 0.15) is 6.42 Å². The van der Waals surface area contributed by atoms with Gasteiger partial charge in [0.15, 0.2) is 0 Å². The van der Waals surface area contributed by atoms with Crippen molar-refractivity contribution in [2.75, 3.05) is 20.1 Å². The molecule has 0 amide bonds. The van der Waals surface area contributed by atoms with E-state index in [0.717, 1.165) is 19.5 Å². The number of β-amino-alcohol motifs (C(OH)–C–C–N with tert-alkyl or cyclic N) is 1. The van der Waals surface area contributed by atoms with Gasteiger partial charge in [-0.15, -0.1) is 0 Å². The van der Waals surface area contributed by atoms with Gasteiger partial charge in [0.05, 0.1) is 6.10 Å². The highest BCUT2D eigenvalue weighted by Crippen LogP contribution is 2.01. The number of hydrogen-bond acceptors (Lipinski definition) is 3. The fraction of sp³-hybridized carbons (Fsp3) is 1.00. The molecule has 1 saturated heterocycles. The Morgan fingerprint density at radius 2 is 2.44 bits per heavy atom. The Bertz CT molecular complexity index is 87.1. The van der Waals surface area contributed by atoms with E-state index in [-0.39, 0.29) is 6.10 Å². The second-order valence-electron chi connectivity index (χ2n) is 2.46. The van der Waals surface area contributed by atoms with Gasteiger partial charge >= 0.3 is 0 Å². The van der Waals surface area contributed by atoms with Crippen LogP contribution in [0.2, 0.25) is 0 Å². The van der Waals surface area contributed by atoms with E-state index >= 15 is 0 Å². The topological polar surface area (TPSA) is 44.3 Å². The lowest BCUT2D eigenvalue weighted by atomic mass is 10.0. The quantitative estimate of drug-likeness (QED) is 0.423. The third kappa shape index (κ3) is 1.64. The van der Waals surface area contributed by atoms with Crippen molar-refractivity contribution < 1.29 is 5.11 Å². The van der Waals surface area contributed by atoms with Crippen molar-refractivity contribution in [3.63, 3.8) is 0 Å². The second kappa shape index (κ2) is 3.15. The SMILES string of the molecule is CNC1CCNCC1O. The zero-order valence-electron chi connectivity index (χ0n) is 5.72. The van der Waals surface area contributed by atoms with Crippen molar-refractivity contribution in [3.05, 3.63) is 0 Å². The Morgan fingerprint density at radius 3 is 2.89 bits per heavy atom. The molecule has 2 atom stereocenters. The van der Waals surface area contributed by atoms with Crippen LogP contribution in [0.5, 0.6) is 0 Å². The van der Waals surface area contributed by atoms with E-state index in [4.69, 9.17) is 0 Å². The zero-order valence-corrected chi connectivity index (χ0v) is 5.72. The molecule has 1 fully saturated rings. The first-order valence-electron chi connectivity index (χ1n) is 3.40. The number of aliphatic hydroxyl groups excluding tert-OH is 1. The molecule has 0 aromatic carbocycles. The van der Waals surface area contributed by atoms with Gasteiger partial charge in [-0.2, -0.15) is 0 Å². The van der Waals surface area contributed by atoms with Crippen molar-refractivity contribution in [3.8, 4) is 0 Å². The van der Waals surface area contributed by atoms with Gasteiger partial charge in [0.1, 0.15) is 0 Å². The predicted molar refractivity (Wildman–Crippen MR) is 36.3 cm³/mol. The summed E-state index contributed by atoms with van der Waals surface area (Å²) in [5.41, 5.74) is 0. The molecule has 2 unspecified atom stereocenters. The molecule has 0 radical (unpaired) electrons. The molecule has 0 spiro atoms. The molecule has 0 aliphatic carbocycles. The van der Waals surface area contributed by atoms with E-state index in [2.05, 4.69) is 10.6 Å². The van der Waals surface area contributed by atoms with Crippen LogP contribution in [0.25, 0.3) is 0 Å². The van der Waals surface area contributed by atoms with Crippen molar-refractivity contribution in [1.29, 1.82) is 0 Å². The van der Waals surface area contributed by atoms with E-state index in [1.165, 1.54) is 0 Å². The van der Waals surface area contributed by atoms with Gasteiger partial charge in [-0.1, -0.05) is 0 Å². The molecular formula is C6H14N2O. The fourth-order valence-corrected chi connectivity index (χ4v) is 1.18. The standard InChI is InChI=1S/C6H14N2O/c1-7-5-2-3-8-4-6(5)9/h5-9H,2-4H2,1H3. The van der Waals surface area contributed by atoms with Crippen LogP contribution in [-0.2, 0) is 0 Å². The van der Waals surface area contributed by atoms with E-state index in [0.29, 0.717) is 6.04 Å². The number of aliphatic hydroxyl groups is 1. The van der Waals surface area contributed by atoms with E-state index in [9.17, 15) is 5.11 Å². The lowest BCUT2D eigenvalue weighted by Gasteiger charge is -2.27. The summed E-state index contributed by atoms with van der Waals surface area (Å²) in [5.74, 6) is 0. The van der Waals surface area contributed by atoms with Crippen molar-refractivity contribution in [2.45, 2.75) is 18.6 Å². The highest BCUT2D eigenvalue weighted by atomic mass is 16.3. The molecule has 1 rings (SSSR count). The first-order chi connectivity index (χ1) is 4.34. The van der Waals surface area contributed by atoms with Crippen molar-refractivity contribution >= 4 is 0 Å². The van der Waals surface area contributed by atoms with Crippen LogP contribution in [0.4, 0.5) is 0 Å². The Balaban J connectivity index is 2.30. The molecule has 0 bridgehead atoms. The summed E-state index contributed by atoms with van der Waals surface area (Å²) in [7, 11) is 1.89. The second-order valence-corrected chi connectivity index (χ2v) is 2.46. The van der Waals surface area contributed by atoms with Crippen LogP contribution in [-0.4, -0.2) is 37.4 Å². The summed E-state index contributed by atoms with van der Waals surface area (Å²) >= 11 is 0. The van der Waals surface area contributed by atoms with Gasteiger partial charge in [0, 0.05) is 12.6 Å². The third-order valence-electron chi connectivity index (χ3n) is 1.82. The van der Waals surface area contributed by atoms with Gasteiger partial charge < -0.3 is 15.7 Å². The van der Waals surface area contributed by atoms with Gasteiger partial charge in [-0.25, -0.2) is 0 Å². The summed E-state index contributed by atoms with van der Waals surface area (Å²) in [6.45, 7) is 1.74. The van der Waals surface area contributed by atoms with Gasteiger partial charge in [-0.05, 0) is 20.0 Å². The molecule has 54 valence electrons. The predicted octanol–water partition coefficient (Wildman–Crippen LogP) is -1.07. The minimum atomic E-state index is -0.205. The Morgan fingerprint density at radius 1 is 1.67 bits per heavy atom. The normalized spacial score (nSPS) is 36.7. The highest BCUT2D eigenvalue weighted by molar-refractivity contribution is 4.81. The van der Waals surface area contributed by atoms with E-state index in [1.54, 1.807) is 0 Å². The summed E-state index contributed by atoms with van der Waals surface area (Å²) in [6.07, 6.45) is 0.821. The van der Waals surface area contributed by atoms with E-state index in [1.807, 2.05) is 7.05 Å². The molecule has 0 saturated carbocycles. The average molecular weight is 130 g/mol. The minimum Gasteiger partial charge on any atom is -0.390 e. The molecular weight excluding hydrogens is 116 g/mol. The van der Waals surface area contributed by atoms with Crippen LogP contribution >= 0.6 is 0 Å². The monoisotopic (exact) mass is 130 g/mol. The molecule has 3 heteroatoms. The maximum absolute atomic E-state index is 9.24.